The Bertz CT molecular complexity index is 696. The number of anilines is 1. The molecular weight excluding hydrogens is 288 g/mol. The Kier molecular flexibility index (Phi) is 3.75. The fourth-order valence-electron chi connectivity index (χ4n) is 3.39. The lowest BCUT2D eigenvalue weighted by Crippen LogP contribution is -2.46. The van der Waals surface area contributed by atoms with Crippen molar-refractivity contribution in [2.75, 3.05) is 18.5 Å². The summed E-state index contributed by atoms with van der Waals surface area (Å²) in [6.07, 6.45) is 2.08. The highest BCUT2D eigenvalue weighted by Gasteiger charge is 2.34. The standard InChI is InChI=1S/C19H20N2O2/c22-19-16-10-4-5-11-17(16)20-18(14-7-2-1-3-8-14)21(19)13-15-9-6-12-23-15/h1-5,7-8,10-11,15,18,20H,6,9,12-13H2/t15-,18-/m1/s1. The van der Waals surface area contributed by atoms with Gasteiger partial charge in [-0.3, -0.25) is 4.79 Å². The largest absolute Gasteiger partial charge is 0.376 e. The molecule has 0 bridgehead atoms. The maximum absolute atomic E-state index is 13.0. The second-order valence-corrected chi connectivity index (χ2v) is 6.10. The predicted molar refractivity (Wildman–Crippen MR) is 89.3 cm³/mol. The quantitative estimate of drug-likeness (QED) is 0.944. The van der Waals surface area contributed by atoms with Crippen molar-refractivity contribution in [3.63, 3.8) is 0 Å². The number of nitrogens with zero attached hydrogens (tertiary/aromatic N) is 1. The zero-order valence-electron chi connectivity index (χ0n) is 12.9. The Morgan fingerprint density at radius 3 is 2.65 bits per heavy atom. The van der Waals surface area contributed by atoms with Gasteiger partial charge < -0.3 is 15.0 Å². The minimum Gasteiger partial charge on any atom is -0.376 e. The van der Waals surface area contributed by atoms with Crippen LogP contribution in [0.1, 0.15) is 34.9 Å². The topological polar surface area (TPSA) is 41.6 Å². The molecule has 2 atom stereocenters. The molecule has 0 spiro atoms. The molecule has 0 aromatic heterocycles. The number of hydrogen-bond donors (Lipinski definition) is 1. The van der Waals surface area contributed by atoms with Gasteiger partial charge in [-0.15, -0.1) is 0 Å². The van der Waals surface area contributed by atoms with Gasteiger partial charge in [0.25, 0.3) is 5.91 Å². The molecule has 4 rings (SSSR count). The van der Waals surface area contributed by atoms with E-state index in [9.17, 15) is 4.79 Å². The lowest BCUT2D eigenvalue weighted by Gasteiger charge is -2.39. The highest BCUT2D eigenvalue weighted by molar-refractivity contribution is 6.01. The van der Waals surface area contributed by atoms with Crippen LogP contribution in [0, 0.1) is 0 Å². The third kappa shape index (κ3) is 2.70. The molecule has 23 heavy (non-hydrogen) atoms. The first-order chi connectivity index (χ1) is 11.3. The molecule has 0 aliphatic carbocycles. The molecule has 1 amide bonds. The van der Waals surface area contributed by atoms with E-state index in [1.165, 1.54) is 0 Å². The first-order valence-electron chi connectivity index (χ1n) is 8.16. The van der Waals surface area contributed by atoms with E-state index < -0.39 is 0 Å². The second-order valence-electron chi connectivity index (χ2n) is 6.10. The molecule has 2 aromatic rings. The summed E-state index contributed by atoms with van der Waals surface area (Å²) in [5.74, 6) is 0.0729. The van der Waals surface area contributed by atoms with E-state index >= 15 is 0 Å². The summed E-state index contributed by atoms with van der Waals surface area (Å²) in [7, 11) is 0. The van der Waals surface area contributed by atoms with E-state index in [1.807, 2.05) is 47.4 Å². The Balaban J connectivity index is 1.70. The number of ether oxygens (including phenoxy) is 1. The monoisotopic (exact) mass is 308 g/mol. The fourth-order valence-corrected chi connectivity index (χ4v) is 3.39. The molecule has 0 saturated carbocycles. The summed E-state index contributed by atoms with van der Waals surface area (Å²) in [5, 5.41) is 3.52. The van der Waals surface area contributed by atoms with Gasteiger partial charge in [-0.05, 0) is 30.5 Å². The second kappa shape index (κ2) is 6.05. The number of fused-ring (bicyclic) bond motifs is 1. The van der Waals surface area contributed by atoms with E-state index in [2.05, 4.69) is 17.4 Å². The van der Waals surface area contributed by atoms with Crippen molar-refractivity contribution in [2.45, 2.75) is 25.1 Å². The minimum absolute atomic E-state index is 0.0729. The normalized spacial score (nSPS) is 23.5. The molecule has 1 N–H and O–H groups in total. The van der Waals surface area contributed by atoms with Crippen LogP contribution in [0.2, 0.25) is 0 Å². The third-order valence-electron chi connectivity index (χ3n) is 4.56. The fraction of sp³-hybridized carbons (Fsp3) is 0.316. The van der Waals surface area contributed by atoms with Crippen molar-refractivity contribution in [3.05, 3.63) is 65.7 Å². The van der Waals surface area contributed by atoms with Gasteiger partial charge in [0.15, 0.2) is 0 Å². The van der Waals surface area contributed by atoms with Gasteiger partial charge in [-0.25, -0.2) is 0 Å². The molecular formula is C19H20N2O2. The van der Waals surface area contributed by atoms with Crippen LogP contribution in [0.4, 0.5) is 5.69 Å². The molecule has 2 aromatic carbocycles. The van der Waals surface area contributed by atoms with Crippen molar-refractivity contribution in [3.8, 4) is 0 Å². The molecule has 4 heteroatoms. The zero-order valence-corrected chi connectivity index (χ0v) is 12.9. The molecule has 4 nitrogen and oxygen atoms in total. The number of nitrogens with one attached hydrogen (secondary N) is 1. The van der Waals surface area contributed by atoms with Crippen LogP contribution in [0.15, 0.2) is 54.6 Å². The molecule has 2 aliphatic heterocycles. The van der Waals surface area contributed by atoms with E-state index in [1.54, 1.807) is 0 Å². The third-order valence-corrected chi connectivity index (χ3v) is 4.56. The van der Waals surface area contributed by atoms with Gasteiger partial charge in [0, 0.05) is 18.8 Å². The summed E-state index contributed by atoms with van der Waals surface area (Å²) in [6.45, 7) is 1.42. The first kappa shape index (κ1) is 14.3. The summed E-state index contributed by atoms with van der Waals surface area (Å²) < 4.78 is 5.75. The number of rotatable bonds is 3. The molecule has 2 heterocycles. The number of carbonyl (C=O) groups is 1. The molecule has 2 aliphatic rings. The Morgan fingerprint density at radius 1 is 1.09 bits per heavy atom. The predicted octanol–water partition coefficient (Wildman–Crippen LogP) is 3.43. The highest BCUT2D eigenvalue weighted by Crippen LogP contribution is 2.33. The summed E-state index contributed by atoms with van der Waals surface area (Å²) in [6, 6.07) is 17.8. The van der Waals surface area contributed by atoms with E-state index in [-0.39, 0.29) is 18.2 Å². The summed E-state index contributed by atoms with van der Waals surface area (Å²) in [4.78, 5) is 14.9. The molecule has 1 fully saturated rings. The SMILES string of the molecule is O=C1c2ccccc2N[C@@H](c2ccccc2)N1C[C@H]1CCCO1. The van der Waals surface area contributed by atoms with Gasteiger partial charge in [-0.2, -0.15) is 0 Å². The number of benzene rings is 2. The molecule has 1 saturated heterocycles. The van der Waals surface area contributed by atoms with Gasteiger partial charge in [0.05, 0.1) is 11.7 Å². The zero-order chi connectivity index (χ0) is 15.6. The highest BCUT2D eigenvalue weighted by atomic mass is 16.5. The Labute approximate surface area is 136 Å². The van der Waals surface area contributed by atoms with Crippen LogP contribution in [-0.4, -0.2) is 30.1 Å². The van der Waals surface area contributed by atoms with Crippen molar-refractivity contribution in [1.29, 1.82) is 0 Å². The van der Waals surface area contributed by atoms with Crippen LogP contribution in [-0.2, 0) is 4.74 Å². The minimum atomic E-state index is -0.150. The maximum Gasteiger partial charge on any atom is 0.257 e. The molecule has 0 unspecified atom stereocenters. The van der Waals surface area contributed by atoms with Gasteiger partial charge in [-0.1, -0.05) is 42.5 Å². The number of carbonyl (C=O) groups excluding carboxylic acids is 1. The van der Waals surface area contributed by atoms with Gasteiger partial charge >= 0.3 is 0 Å². The van der Waals surface area contributed by atoms with Crippen molar-refractivity contribution < 1.29 is 9.53 Å². The first-order valence-corrected chi connectivity index (χ1v) is 8.16. The maximum atomic E-state index is 13.0. The number of amides is 1. The number of hydrogen-bond acceptors (Lipinski definition) is 3. The Morgan fingerprint density at radius 2 is 1.87 bits per heavy atom. The summed E-state index contributed by atoms with van der Waals surface area (Å²) in [5.41, 5.74) is 2.72. The van der Waals surface area contributed by atoms with Crippen molar-refractivity contribution >= 4 is 11.6 Å². The van der Waals surface area contributed by atoms with Crippen LogP contribution in [0.5, 0.6) is 0 Å². The Hall–Kier alpha value is -2.33. The molecule has 118 valence electrons. The van der Waals surface area contributed by atoms with E-state index in [0.29, 0.717) is 6.54 Å². The van der Waals surface area contributed by atoms with Crippen molar-refractivity contribution in [2.24, 2.45) is 0 Å². The van der Waals surface area contributed by atoms with Crippen LogP contribution in [0.3, 0.4) is 0 Å². The smallest absolute Gasteiger partial charge is 0.257 e. The molecule has 0 radical (unpaired) electrons. The average Bonchev–Trinajstić information content (AvgIpc) is 3.11. The van der Waals surface area contributed by atoms with E-state index in [4.69, 9.17) is 4.74 Å². The lowest BCUT2D eigenvalue weighted by atomic mass is 10.0. The number of para-hydroxylation sites is 1. The lowest BCUT2D eigenvalue weighted by molar-refractivity contribution is 0.0427. The van der Waals surface area contributed by atoms with Crippen LogP contribution < -0.4 is 5.32 Å². The average molecular weight is 308 g/mol. The van der Waals surface area contributed by atoms with Crippen molar-refractivity contribution in [1.82, 2.24) is 4.90 Å². The van der Waals surface area contributed by atoms with E-state index in [0.717, 1.165) is 36.3 Å². The van der Waals surface area contributed by atoms with Crippen LogP contribution >= 0.6 is 0 Å². The van der Waals surface area contributed by atoms with Gasteiger partial charge in [0.1, 0.15) is 6.17 Å². The van der Waals surface area contributed by atoms with Crippen LogP contribution in [0.25, 0.3) is 0 Å². The van der Waals surface area contributed by atoms with Gasteiger partial charge in [0.2, 0.25) is 0 Å². The summed E-state index contributed by atoms with van der Waals surface area (Å²) >= 11 is 0.